The highest BCUT2D eigenvalue weighted by Crippen LogP contribution is 2.32. The van der Waals surface area contributed by atoms with E-state index in [1.54, 1.807) is 0 Å². The first-order valence-electron chi connectivity index (χ1n) is 10.5. The molecule has 2 saturated heterocycles. The van der Waals surface area contributed by atoms with Crippen molar-refractivity contribution in [1.29, 1.82) is 0 Å². The fourth-order valence-corrected chi connectivity index (χ4v) is 4.56. The number of likely N-dealkylation sites (tertiary alicyclic amines) is 2. The Labute approximate surface area is 162 Å². The molecule has 0 bridgehead atoms. The second-order valence-corrected chi connectivity index (χ2v) is 8.47. The molecule has 5 nitrogen and oxygen atoms in total. The van der Waals surface area contributed by atoms with Crippen molar-refractivity contribution >= 4 is 11.9 Å². The summed E-state index contributed by atoms with van der Waals surface area (Å²) >= 11 is 0. The number of carbonyl (C=O) groups is 2. The molecule has 0 unspecified atom stereocenters. The van der Waals surface area contributed by atoms with Crippen LogP contribution in [-0.2, 0) is 4.79 Å². The summed E-state index contributed by atoms with van der Waals surface area (Å²) in [6.07, 6.45) is 6.08. The average Bonchev–Trinajstić information content (AvgIpc) is 3.54. The predicted molar refractivity (Wildman–Crippen MR) is 106 cm³/mol. The maximum Gasteiger partial charge on any atom is 0.317 e. The number of nitrogens with zero attached hydrogens (tertiary/aromatic N) is 2. The SMILES string of the molecule is Cc1ccccc1[C@@H]1CCCN(C(=O)NC2CCN(C(=O)C3CC3)CC2)C1. The van der Waals surface area contributed by atoms with Gasteiger partial charge in [0.2, 0.25) is 5.91 Å². The topological polar surface area (TPSA) is 52.7 Å². The van der Waals surface area contributed by atoms with E-state index in [1.807, 2.05) is 9.80 Å². The van der Waals surface area contributed by atoms with Crippen LogP contribution in [0.25, 0.3) is 0 Å². The summed E-state index contributed by atoms with van der Waals surface area (Å²) in [6, 6.07) is 8.80. The Morgan fingerprint density at radius 1 is 0.963 bits per heavy atom. The van der Waals surface area contributed by atoms with Gasteiger partial charge in [-0.25, -0.2) is 4.79 Å². The quantitative estimate of drug-likeness (QED) is 0.889. The van der Waals surface area contributed by atoms with Crippen LogP contribution in [-0.4, -0.2) is 54.0 Å². The fraction of sp³-hybridized carbons (Fsp3) is 0.636. The Hall–Kier alpha value is -2.04. The second-order valence-electron chi connectivity index (χ2n) is 8.47. The molecule has 2 heterocycles. The standard InChI is InChI=1S/C22H31N3O2/c1-16-5-2-3-7-20(16)18-6-4-12-25(15-18)22(27)23-19-10-13-24(14-11-19)21(26)17-8-9-17/h2-3,5,7,17-19H,4,6,8-15H2,1H3,(H,23,27)/t18-/m1/s1. The van der Waals surface area contributed by atoms with Gasteiger partial charge in [-0.2, -0.15) is 0 Å². The number of nitrogens with one attached hydrogen (secondary N) is 1. The number of benzene rings is 1. The lowest BCUT2D eigenvalue weighted by atomic mass is 9.88. The third-order valence-electron chi connectivity index (χ3n) is 6.40. The van der Waals surface area contributed by atoms with Gasteiger partial charge in [-0.05, 0) is 56.6 Å². The zero-order valence-corrected chi connectivity index (χ0v) is 16.3. The van der Waals surface area contributed by atoms with Crippen molar-refractivity contribution in [1.82, 2.24) is 15.1 Å². The van der Waals surface area contributed by atoms with Crippen molar-refractivity contribution in [2.75, 3.05) is 26.2 Å². The van der Waals surface area contributed by atoms with Gasteiger partial charge in [-0.1, -0.05) is 24.3 Å². The summed E-state index contributed by atoms with van der Waals surface area (Å²) in [6.45, 7) is 5.37. The molecule has 5 heteroatoms. The molecule has 2 aliphatic heterocycles. The molecule has 1 atom stereocenters. The van der Waals surface area contributed by atoms with Crippen LogP contribution in [0.5, 0.6) is 0 Å². The highest BCUT2D eigenvalue weighted by molar-refractivity contribution is 5.81. The second kappa shape index (κ2) is 7.91. The number of rotatable bonds is 3. The van der Waals surface area contributed by atoms with Gasteiger partial charge in [0.25, 0.3) is 0 Å². The Bertz CT molecular complexity index is 693. The minimum Gasteiger partial charge on any atom is -0.342 e. The van der Waals surface area contributed by atoms with E-state index < -0.39 is 0 Å². The molecule has 0 radical (unpaired) electrons. The normalized spacial score (nSPS) is 24.0. The van der Waals surface area contributed by atoms with Gasteiger partial charge in [0, 0.05) is 44.1 Å². The van der Waals surface area contributed by atoms with Crippen molar-refractivity contribution in [3.63, 3.8) is 0 Å². The van der Waals surface area contributed by atoms with Crippen LogP contribution in [0.4, 0.5) is 4.79 Å². The van der Waals surface area contributed by atoms with Gasteiger partial charge >= 0.3 is 6.03 Å². The number of hydrogen-bond acceptors (Lipinski definition) is 2. The van der Waals surface area contributed by atoms with E-state index in [-0.39, 0.29) is 12.1 Å². The number of aryl methyl sites for hydroxylation is 1. The lowest BCUT2D eigenvalue weighted by Crippen LogP contribution is -2.52. The number of carbonyl (C=O) groups excluding carboxylic acids is 2. The van der Waals surface area contributed by atoms with Crippen molar-refractivity contribution < 1.29 is 9.59 Å². The number of hydrogen-bond donors (Lipinski definition) is 1. The molecule has 1 N–H and O–H groups in total. The van der Waals surface area contributed by atoms with E-state index in [4.69, 9.17) is 0 Å². The van der Waals surface area contributed by atoms with Crippen molar-refractivity contribution in [3.05, 3.63) is 35.4 Å². The van der Waals surface area contributed by atoms with E-state index in [1.165, 1.54) is 11.1 Å². The lowest BCUT2D eigenvalue weighted by molar-refractivity contribution is -0.133. The fourth-order valence-electron chi connectivity index (χ4n) is 4.56. The monoisotopic (exact) mass is 369 g/mol. The van der Waals surface area contributed by atoms with Gasteiger partial charge in [0.1, 0.15) is 0 Å². The van der Waals surface area contributed by atoms with Crippen molar-refractivity contribution in [2.45, 2.75) is 57.4 Å². The number of piperidine rings is 2. The average molecular weight is 370 g/mol. The van der Waals surface area contributed by atoms with E-state index >= 15 is 0 Å². The van der Waals surface area contributed by atoms with Gasteiger partial charge in [-0.3, -0.25) is 4.79 Å². The zero-order valence-electron chi connectivity index (χ0n) is 16.3. The van der Waals surface area contributed by atoms with E-state index in [0.29, 0.717) is 17.7 Å². The minimum absolute atomic E-state index is 0.0697. The molecule has 146 valence electrons. The first-order valence-corrected chi connectivity index (χ1v) is 10.5. The van der Waals surface area contributed by atoms with Gasteiger partial charge in [0.05, 0.1) is 0 Å². The third kappa shape index (κ3) is 4.28. The molecule has 0 aromatic heterocycles. The predicted octanol–water partition coefficient (Wildman–Crippen LogP) is 3.29. The summed E-state index contributed by atoms with van der Waals surface area (Å²) in [7, 11) is 0. The smallest absolute Gasteiger partial charge is 0.317 e. The molecule has 1 saturated carbocycles. The molecule has 27 heavy (non-hydrogen) atoms. The van der Waals surface area contributed by atoms with Crippen molar-refractivity contribution in [3.8, 4) is 0 Å². The zero-order chi connectivity index (χ0) is 18.8. The summed E-state index contributed by atoms with van der Waals surface area (Å²) in [4.78, 5) is 28.9. The van der Waals surface area contributed by atoms with Crippen LogP contribution in [0.3, 0.4) is 0 Å². The molecule has 3 aliphatic rings. The Kier molecular flexibility index (Phi) is 5.37. The highest BCUT2D eigenvalue weighted by Gasteiger charge is 2.35. The van der Waals surface area contributed by atoms with Gasteiger partial charge in [0.15, 0.2) is 0 Å². The molecule has 3 amide bonds. The summed E-state index contributed by atoms with van der Waals surface area (Å²) in [5.41, 5.74) is 2.69. The maximum atomic E-state index is 12.8. The lowest BCUT2D eigenvalue weighted by Gasteiger charge is -2.37. The van der Waals surface area contributed by atoms with Crippen LogP contribution in [0.15, 0.2) is 24.3 Å². The van der Waals surface area contributed by atoms with E-state index in [0.717, 1.165) is 64.7 Å². The van der Waals surface area contributed by atoms with Crippen LogP contribution in [0, 0.1) is 12.8 Å². The van der Waals surface area contributed by atoms with E-state index in [9.17, 15) is 9.59 Å². The molecule has 0 spiro atoms. The molecule has 1 aromatic carbocycles. The summed E-state index contributed by atoms with van der Waals surface area (Å²) < 4.78 is 0. The Morgan fingerprint density at radius 3 is 2.41 bits per heavy atom. The van der Waals surface area contributed by atoms with Crippen LogP contribution < -0.4 is 5.32 Å². The maximum absolute atomic E-state index is 12.8. The first-order chi connectivity index (χ1) is 13.1. The van der Waals surface area contributed by atoms with Gasteiger partial charge in [-0.15, -0.1) is 0 Å². The molecule has 1 aromatic rings. The number of amides is 3. The Morgan fingerprint density at radius 2 is 1.70 bits per heavy atom. The number of urea groups is 1. The molecule has 1 aliphatic carbocycles. The minimum atomic E-state index is 0.0697. The molecular weight excluding hydrogens is 338 g/mol. The molecule has 4 rings (SSSR count). The van der Waals surface area contributed by atoms with Crippen molar-refractivity contribution in [2.24, 2.45) is 5.92 Å². The first kappa shape index (κ1) is 18.3. The third-order valence-corrected chi connectivity index (χ3v) is 6.40. The van der Waals surface area contributed by atoms with Crippen LogP contribution >= 0.6 is 0 Å². The summed E-state index contributed by atoms with van der Waals surface area (Å²) in [5, 5.41) is 3.23. The van der Waals surface area contributed by atoms with Crippen LogP contribution in [0.1, 0.15) is 55.6 Å². The van der Waals surface area contributed by atoms with Crippen LogP contribution in [0.2, 0.25) is 0 Å². The Balaban J connectivity index is 1.28. The highest BCUT2D eigenvalue weighted by atomic mass is 16.2. The molecular formula is C22H31N3O2. The largest absolute Gasteiger partial charge is 0.342 e. The molecule has 3 fully saturated rings. The summed E-state index contributed by atoms with van der Waals surface area (Å²) in [5.74, 6) is 1.06. The van der Waals surface area contributed by atoms with Gasteiger partial charge < -0.3 is 15.1 Å². The van der Waals surface area contributed by atoms with E-state index in [2.05, 4.69) is 36.5 Å².